The normalized spacial score (nSPS) is 13.4. The van der Waals surface area contributed by atoms with Crippen LogP contribution >= 0.6 is 15.9 Å². The summed E-state index contributed by atoms with van der Waals surface area (Å²) >= 11 is 3.45. The van der Waals surface area contributed by atoms with E-state index in [1.807, 2.05) is 36.4 Å². The van der Waals surface area contributed by atoms with Crippen LogP contribution in [-0.2, 0) is 4.74 Å². The summed E-state index contributed by atoms with van der Waals surface area (Å²) in [6.45, 7) is 0.763. The Morgan fingerprint density at radius 2 is 1.50 bits per heavy atom. The number of unbranched alkanes of at least 4 members (excludes halogenated alkanes) is 1. The molecular formula is C17H17BrO2. The summed E-state index contributed by atoms with van der Waals surface area (Å²) in [5.74, 6) is 1.80. The summed E-state index contributed by atoms with van der Waals surface area (Å²) in [5.41, 5.74) is 2.23. The van der Waals surface area contributed by atoms with E-state index in [0.717, 1.165) is 47.4 Å². The van der Waals surface area contributed by atoms with Gasteiger partial charge in [-0.2, -0.15) is 0 Å². The van der Waals surface area contributed by atoms with Gasteiger partial charge in [-0.15, -0.1) is 0 Å². The van der Waals surface area contributed by atoms with Gasteiger partial charge in [-0.1, -0.05) is 52.3 Å². The van der Waals surface area contributed by atoms with Crippen molar-refractivity contribution in [2.24, 2.45) is 0 Å². The first-order chi connectivity index (χ1) is 9.90. The number of hydrogen-bond acceptors (Lipinski definition) is 2. The van der Waals surface area contributed by atoms with E-state index in [1.54, 1.807) is 0 Å². The average Bonchev–Trinajstić information content (AvgIpc) is 2.50. The molecule has 0 atom stereocenters. The molecule has 0 N–H and O–H groups in total. The predicted molar refractivity (Wildman–Crippen MR) is 83.8 cm³/mol. The van der Waals surface area contributed by atoms with Gasteiger partial charge in [-0.3, -0.25) is 0 Å². The molecule has 0 unspecified atom stereocenters. The van der Waals surface area contributed by atoms with Crippen LogP contribution in [0.4, 0.5) is 0 Å². The highest BCUT2D eigenvalue weighted by Gasteiger charge is 2.27. The molecule has 2 nitrogen and oxygen atoms in total. The van der Waals surface area contributed by atoms with Crippen molar-refractivity contribution in [3.05, 3.63) is 59.7 Å². The van der Waals surface area contributed by atoms with Crippen molar-refractivity contribution in [1.29, 1.82) is 0 Å². The second kappa shape index (κ2) is 6.42. The number of hydrogen-bond donors (Lipinski definition) is 0. The van der Waals surface area contributed by atoms with Crippen LogP contribution in [0, 0.1) is 0 Å². The number of benzene rings is 2. The van der Waals surface area contributed by atoms with Crippen LogP contribution in [0.15, 0.2) is 48.5 Å². The molecule has 0 aliphatic carbocycles. The highest BCUT2D eigenvalue weighted by molar-refractivity contribution is 9.09. The Balaban J connectivity index is 1.87. The SMILES string of the molecule is BrCCCCOC1c2ccccc2Oc2ccccc21. The van der Waals surface area contributed by atoms with E-state index < -0.39 is 0 Å². The van der Waals surface area contributed by atoms with E-state index in [2.05, 4.69) is 28.1 Å². The van der Waals surface area contributed by atoms with Crippen molar-refractivity contribution < 1.29 is 9.47 Å². The maximum atomic E-state index is 6.14. The lowest BCUT2D eigenvalue weighted by molar-refractivity contribution is 0.0713. The Hall–Kier alpha value is -1.32. The second-order valence-electron chi connectivity index (χ2n) is 4.82. The Morgan fingerprint density at radius 3 is 2.10 bits per heavy atom. The number of para-hydroxylation sites is 2. The van der Waals surface area contributed by atoms with Crippen molar-refractivity contribution in [1.82, 2.24) is 0 Å². The number of rotatable bonds is 5. The Morgan fingerprint density at radius 1 is 0.900 bits per heavy atom. The standard InChI is InChI=1S/C17H17BrO2/c18-11-5-6-12-19-17-13-7-1-3-9-15(13)20-16-10-4-2-8-14(16)17/h1-4,7-10,17H,5-6,11-12H2. The summed E-state index contributed by atoms with van der Waals surface area (Å²) in [6, 6.07) is 16.2. The van der Waals surface area contributed by atoms with Gasteiger partial charge in [0.1, 0.15) is 17.6 Å². The summed E-state index contributed by atoms with van der Waals surface area (Å²) in [4.78, 5) is 0. The second-order valence-corrected chi connectivity index (χ2v) is 5.62. The van der Waals surface area contributed by atoms with Gasteiger partial charge in [-0.05, 0) is 25.0 Å². The van der Waals surface area contributed by atoms with Crippen LogP contribution in [0.3, 0.4) is 0 Å². The zero-order chi connectivity index (χ0) is 13.8. The molecule has 2 aromatic carbocycles. The molecular weight excluding hydrogens is 316 g/mol. The summed E-state index contributed by atoms with van der Waals surface area (Å²) < 4.78 is 12.1. The summed E-state index contributed by atoms with van der Waals surface area (Å²) in [7, 11) is 0. The van der Waals surface area contributed by atoms with Gasteiger partial charge in [0.25, 0.3) is 0 Å². The monoisotopic (exact) mass is 332 g/mol. The topological polar surface area (TPSA) is 18.5 Å². The molecule has 1 aliphatic heterocycles. The minimum absolute atomic E-state index is 0.0218. The smallest absolute Gasteiger partial charge is 0.133 e. The fraction of sp³-hybridized carbons (Fsp3) is 0.294. The zero-order valence-corrected chi connectivity index (χ0v) is 12.8. The van der Waals surface area contributed by atoms with E-state index in [1.165, 1.54) is 0 Å². The Kier molecular flexibility index (Phi) is 4.38. The molecule has 3 heteroatoms. The van der Waals surface area contributed by atoms with Gasteiger partial charge in [0.05, 0.1) is 0 Å². The minimum Gasteiger partial charge on any atom is -0.457 e. The molecule has 20 heavy (non-hydrogen) atoms. The van der Waals surface area contributed by atoms with Crippen LogP contribution < -0.4 is 4.74 Å². The highest BCUT2D eigenvalue weighted by atomic mass is 79.9. The third-order valence-electron chi connectivity index (χ3n) is 3.44. The van der Waals surface area contributed by atoms with Gasteiger partial charge >= 0.3 is 0 Å². The third kappa shape index (κ3) is 2.74. The van der Waals surface area contributed by atoms with Gasteiger partial charge in [-0.25, -0.2) is 0 Å². The maximum Gasteiger partial charge on any atom is 0.133 e. The van der Waals surface area contributed by atoms with Gasteiger partial charge < -0.3 is 9.47 Å². The molecule has 0 fully saturated rings. The molecule has 0 radical (unpaired) electrons. The molecule has 1 aliphatic rings. The van der Waals surface area contributed by atoms with Gasteiger partial charge in [0, 0.05) is 23.1 Å². The van der Waals surface area contributed by atoms with Gasteiger partial charge in [0.2, 0.25) is 0 Å². The molecule has 0 amide bonds. The first-order valence-corrected chi connectivity index (χ1v) is 8.05. The quantitative estimate of drug-likeness (QED) is 0.562. The zero-order valence-electron chi connectivity index (χ0n) is 11.2. The van der Waals surface area contributed by atoms with Crippen molar-refractivity contribution >= 4 is 15.9 Å². The van der Waals surface area contributed by atoms with Crippen LogP contribution in [-0.4, -0.2) is 11.9 Å². The minimum atomic E-state index is -0.0218. The average molecular weight is 333 g/mol. The largest absolute Gasteiger partial charge is 0.457 e. The lowest BCUT2D eigenvalue weighted by Crippen LogP contribution is -2.14. The first kappa shape index (κ1) is 13.7. The molecule has 0 aromatic heterocycles. The van der Waals surface area contributed by atoms with Crippen molar-refractivity contribution in [2.75, 3.05) is 11.9 Å². The van der Waals surface area contributed by atoms with Crippen LogP contribution in [0.2, 0.25) is 0 Å². The molecule has 3 rings (SSSR count). The number of halogens is 1. The number of alkyl halides is 1. The van der Waals surface area contributed by atoms with Crippen LogP contribution in [0.5, 0.6) is 11.5 Å². The maximum absolute atomic E-state index is 6.14. The van der Waals surface area contributed by atoms with E-state index in [0.29, 0.717) is 0 Å². The van der Waals surface area contributed by atoms with Crippen LogP contribution in [0.25, 0.3) is 0 Å². The lowest BCUT2D eigenvalue weighted by Gasteiger charge is -2.28. The summed E-state index contributed by atoms with van der Waals surface area (Å²) in [5, 5.41) is 1.03. The number of fused-ring (bicyclic) bond motifs is 2. The van der Waals surface area contributed by atoms with Crippen molar-refractivity contribution in [3.8, 4) is 11.5 Å². The third-order valence-corrected chi connectivity index (χ3v) is 4.00. The van der Waals surface area contributed by atoms with E-state index >= 15 is 0 Å². The van der Waals surface area contributed by atoms with Gasteiger partial charge in [0.15, 0.2) is 0 Å². The molecule has 1 heterocycles. The molecule has 0 saturated heterocycles. The fourth-order valence-electron chi connectivity index (χ4n) is 2.44. The summed E-state index contributed by atoms with van der Waals surface area (Å²) in [6.07, 6.45) is 2.17. The van der Waals surface area contributed by atoms with Crippen LogP contribution in [0.1, 0.15) is 30.1 Å². The first-order valence-electron chi connectivity index (χ1n) is 6.93. The molecule has 0 bridgehead atoms. The van der Waals surface area contributed by atoms with Crippen molar-refractivity contribution in [3.63, 3.8) is 0 Å². The molecule has 0 saturated carbocycles. The lowest BCUT2D eigenvalue weighted by atomic mass is 9.97. The molecule has 2 aromatic rings. The molecule has 104 valence electrons. The Bertz CT molecular complexity index is 537. The number of ether oxygens (including phenoxy) is 2. The molecule has 0 spiro atoms. The van der Waals surface area contributed by atoms with E-state index in [4.69, 9.17) is 9.47 Å². The Labute approximate surface area is 127 Å². The van der Waals surface area contributed by atoms with E-state index in [9.17, 15) is 0 Å². The van der Waals surface area contributed by atoms with Crippen molar-refractivity contribution in [2.45, 2.75) is 18.9 Å². The highest BCUT2D eigenvalue weighted by Crippen LogP contribution is 2.44. The predicted octanol–water partition coefficient (Wildman–Crippen LogP) is 5.07. The van der Waals surface area contributed by atoms with E-state index in [-0.39, 0.29) is 6.10 Å². The fourth-order valence-corrected chi connectivity index (χ4v) is 2.84.